The second-order valence-corrected chi connectivity index (χ2v) is 7.66. The molecule has 0 spiro atoms. The van der Waals surface area contributed by atoms with Crippen LogP contribution in [0.25, 0.3) is 21.8 Å². The van der Waals surface area contributed by atoms with Crippen molar-refractivity contribution >= 4 is 39.1 Å². The number of halogens is 1. The van der Waals surface area contributed by atoms with Crippen molar-refractivity contribution in [3.8, 4) is 5.75 Å². The Balaban J connectivity index is 1.94. The Bertz CT molecular complexity index is 944. The minimum Gasteiger partial charge on any atom is -0.497 e. The van der Waals surface area contributed by atoms with Crippen LogP contribution in [0.1, 0.15) is 33.6 Å². The van der Waals surface area contributed by atoms with Crippen LogP contribution in [0.3, 0.4) is 0 Å². The average molecular weight is 400 g/mol. The highest BCUT2D eigenvalue weighted by atomic mass is 35.5. The Kier molecular flexibility index (Phi) is 6.97. The van der Waals surface area contributed by atoms with Crippen LogP contribution < -0.4 is 10.1 Å². The number of anilines is 1. The summed E-state index contributed by atoms with van der Waals surface area (Å²) in [6, 6.07) is 12.5. The largest absolute Gasteiger partial charge is 0.497 e. The molecule has 1 unspecified atom stereocenters. The number of rotatable bonds is 9. The van der Waals surface area contributed by atoms with Gasteiger partial charge < -0.3 is 10.1 Å². The standard InChI is InChI=1S/C23H30ClN3O/c1-5-7-16(3)27(6-2)13-12-25-23-19-10-8-17(24)14-22(19)26-21-11-9-18(28-4)15-20(21)23/h8-11,14-16H,5-7,12-13H2,1-4H3,(H,25,26). The van der Waals surface area contributed by atoms with Gasteiger partial charge in [0.15, 0.2) is 0 Å². The van der Waals surface area contributed by atoms with Crippen LogP contribution in [0.4, 0.5) is 5.69 Å². The fraction of sp³-hybridized carbons (Fsp3) is 0.435. The molecule has 150 valence electrons. The lowest BCUT2D eigenvalue weighted by atomic mass is 10.1. The maximum absolute atomic E-state index is 6.21. The van der Waals surface area contributed by atoms with E-state index < -0.39 is 0 Å². The highest BCUT2D eigenvalue weighted by Crippen LogP contribution is 2.34. The Hall–Kier alpha value is -2.04. The molecule has 0 fully saturated rings. The summed E-state index contributed by atoms with van der Waals surface area (Å²) in [5, 5.41) is 6.53. The van der Waals surface area contributed by atoms with Gasteiger partial charge in [-0.3, -0.25) is 4.90 Å². The van der Waals surface area contributed by atoms with Crippen molar-refractivity contribution < 1.29 is 4.74 Å². The number of nitrogens with zero attached hydrogens (tertiary/aromatic N) is 2. The number of hydrogen-bond donors (Lipinski definition) is 1. The SMILES string of the molecule is CCCC(C)N(CC)CCNc1c2ccc(Cl)cc2nc2ccc(OC)cc12. The van der Waals surface area contributed by atoms with Crippen molar-refractivity contribution in [2.24, 2.45) is 0 Å². The zero-order chi connectivity index (χ0) is 20.1. The van der Waals surface area contributed by atoms with E-state index in [0.717, 1.165) is 52.9 Å². The first-order chi connectivity index (χ1) is 13.6. The molecule has 1 aromatic heterocycles. The van der Waals surface area contributed by atoms with Gasteiger partial charge in [0.05, 0.1) is 23.8 Å². The first-order valence-corrected chi connectivity index (χ1v) is 10.5. The van der Waals surface area contributed by atoms with Crippen molar-refractivity contribution in [1.29, 1.82) is 0 Å². The predicted octanol–water partition coefficient (Wildman–Crippen LogP) is 5.97. The summed E-state index contributed by atoms with van der Waals surface area (Å²) < 4.78 is 5.44. The number of aromatic nitrogens is 1. The predicted molar refractivity (Wildman–Crippen MR) is 121 cm³/mol. The highest BCUT2D eigenvalue weighted by Gasteiger charge is 2.13. The summed E-state index contributed by atoms with van der Waals surface area (Å²) in [6.45, 7) is 9.73. The number of ether oxygens (including phenoxy) is 1. The average Bonchev–Trinajstić information content (AvgIpc) is 2.70. The van der Waals surface area contributed by atoms with Gasteiger partial charge in [0.1, 0.15) is 5.75 Å². The van der Waals surface area contributed by atoms with Gasteiger partial charge in [0, 0.05) is 34.9 Å². The minimum atomic E-state index is 0.599. The van der Waals surface area contributed by atoms with Crippen LogP contribution in [0.5, 0.6) is 5.75 Å². The van der Waals surface area contributed by atoms with Crippen LogP contribution in [0.15, 0.2) is 36.4 Å². The van der Waals surface area contributed by atoms with Crippen molar-refractivity contribution in [2.45, 2.75) is 39.7 Å². The number of nitrogens with one attached hydrogen (secondary N) is 1. The third kappa shape index (κ3) is 4.50. The van der Waals surface area contributed by atoms with E-state index in [-0.39, 0.29) is 0 Å². The van der Waals surface area contributed by atoms with Crippen LogP contribution in [0, 0.1) is 0 Å². The molecule has 1 atom stereocenters. The maximum Gasteiger partial charge on any atom is 0.119 e. The number of benzene rings is 2. The van der Waals surface area contributed by atoms with E-state index in [1.54, 1.807) is 7.11 Å². The molecule has 0 aliphatic heterocycles. The smallest absolute Gasteiger partial charge is 0.119 e. The summed E-state index contributed by atoms with van der Waals surface area (Å²) in [7, 11) is 1.69. The second kappa shape index (κ2) is 9.44. The fourth-order valence-corrected chi connectivity index (χ4v) is 4.00. The maximum atomic E-state index is 6.21. The summed E-state index contributed by atoms with van der Waals surface area (Å²) in [5.41, 5.74) is 2.93. The molecule has 0 amide bonds. The van der Waals surface area contributed by atoms with Gasteiger partial charge in [0.2, 0.25) is 0 Å². The van der Waals surface area contributed by atoms with E-state index in [9.17, 15) is 0 Å². The molecule has 0 aliphatic rings. The first-order valence-electron chi connectivity index (χ1n) is 10.1. The van der Waals surface area contributed by atoms with E-state index in [0.29, 0.717) is 11.1 Å². The third-order valence-corrected chi connectivity index (χ3v) is 5.61. The lowest BCUT2D eigenvalue weighted by Gasteiger charge is -2.28. The molecule has 3 aromatic rings. The Labute approximate surface area is 172 Å². The number of fused-ring (bicyclic) bond motifs is 2. The lowest BCUT2D eigenvalue weighted by Crippen LogP contribution is -2.36. The molecular formula is C23H30ClN3O. The minimum absolute atomic E-state index is 0.599. The summed E-state index contributed by atoms with van der Waals surface area (Å²) >= 11 is 6.21. The molecule has 28 heavy (non-hydrogen) atoms. The normalized spacial score (nSPS) is 12.6. The first kappa shape index (κ1) is 20.7. The van der Waals surface area contributed by atoms with Crippen LogP contribution in [-0.4, -0.2) is 42.7 Å². The second-order valence-electron chi connectivity index (χ2n) is 7.22. The van der Waals surface area contributed by atoms with Crippen molar-refractivity contribution in [3.05, 3.63) is 41.4 Å². The molecule has 1 heterocycles. The molecule has 0 aliphatic carbocycles. The molecule has 2 aromatic carbocycles. The molecule has 0 saturated carbocycles. The molecule has 0 bridgehead atoms. The topological polar surface area (TPSA) is 37.4 Å². The Morgan fingerprint density at radius 1 is 1.11 bits per heavy atom. The zero-order valence-corrected chi connectivity index (χ0v) is 18.0. The number of methoxy groups -OCH3 is 1. The third-order valence-electron chi connectivity index (χ3n) is 5.38. The van der Waals surface area contributed by atoms with Gasteiger partial charge in [-0.15, -0.1) is 0 Å². The van der Waals surface area contributed by atoms with Gasteiger partial charge >= 0.3 is 0 Å². The number of pyridine rings is 1. The molecule has 0 radical (unpaired) electrons. The summed E-state index contributed by atoms with van der Waals surface area (Å²) in [4.78, 5) is 7.32. The van der Waals surface area contributed by atoms with Gasteiger partial charge in [-0.1, -0.05) is 31.9 Å². The van der Waals surface area contributed by atoms with Gasteiger partial charge in [-0.2, -0.15) is 0 Å². The van der Waals surface area contributed by atoms with E-state index in [1.807, 2.05) is 30.3 Å². The molecule has 3 rings (SSSR count). The molecule has 0 saturated heterocycles. The monoisotopic (exact) mass is 399 g/mol. The number of hydrogen-bond acceptors (Lipinski definition) is 4. The van der Waals surface area contributed by atoms with E-state index >= 15 is 0 Å². The van der Waals surface area contributed by atoms with Gasteiger partial charge in [0.25, 0.3) is 0 Å². The highest BCUT2D eigenvalue weighted by molar-refractivity contribution is 6.31. The summed E-state index contributed by atoms with van der Waals surface area (Å²) in [5.74, 6) is 0.831. The van der Waals surface area contributed by atoms with Crippen molar-refractivity contribution in [3.63, 3.8) is 0 Å². The van der Waals surface area contributed by atoms with Crippen LogP contribution >= 0.6 is 11.6 Å². The van der Waals surface area contributed by atoms with Crippen LogP contribution in [0.2, 0.25) is 5.02 Å². The molecule has 5 heteroatoms. The summed E-state index contributed by atoms with van der Waals surface area (Å²) in [6.07, 6.45) is 2.44. The molecular weight excluding hydrogens is 370 g/mol. The fourth-order valence-electron chi connectivity index (χ4n) is 3.83. The Morgan fingerprint density at radius 2 is 1.93 bits per heavy atom. The van der Waals surface area contributed by atoms with Crippen molar-refractivity contribution in [1.82, 2.24) is 9.88 Å². The molecule has 4 nitrogen and oxygen atoms in total. The van der Waals surface area contributed by atoms with Crippen molar-refractivity contribution in [2.75, 3.05) is 32.1 Å². The Morgan fingerprint density at radius 3 is 2.64 bits per heavy atom. The molecule has 1 N–H and O–H groups in total. The van der Waals surface area contributed by atoms with Gasteiger partial charge in [-0.25, -0.2) is 4.98 Å². The van der Waals surface area contributed by atoms with E-state index in [2.05, 4.69) is 37.1 Å². The van der Waals surface area contributed by atoms with Gasteiger partial charge in [-0.05, 0) is 56.3 Å². The van der Waals surface area contributed by atoms with E-state index in [4.69, 9.17) is 21.3 Å². The van der Waals surface area contributed by atoms with E-state index in [1.165, 1.54) is 12.8 Å². The zero-order valence-electron chi connectivity index (χ0n) is 17.3. The lowest BCUT2D eigenvalue weighted by molar-refractivity contribution is 0.217. The van der Waals surface area contributed by atoms with Crippen LogP contribution in [-0.2, 0) is 0 Å². The quantitative estimate of drug-likeness (QED) is 0.449. The number of likely N-dealkylation sites (N-methyl/N-ethyl adjacent to an activating group) is 1.